The lowest BCUT2D eigenvalue weighted by atomic mass is 10.2. The quantitative estimate of drug-likeness (QED) is 0.425. The van der Waals surface area contributed by atoms with E-state index >= 15 is 0 Å². The molecule has 106 valence electrons. The smallest absolute Gasteiger partial charge is 0.292 e. The Kier molecular flexibility index (Phi) is 7.22. The van der Waals surface area contributed by atoms with Gasteiger partial charge in [-0.1, -0.05) is 24.9 Å². The number of rotatable bonds is 9. The van der Waals surface area contributed by atoms with Crippen LogP contribution in [0.5, 0.6) is 0 Å². The molecular weight excluding hydrogens is 268 g/mol. The highest BCUT2D eigenvalue weighted by atomic mass is 35.5. The van der Waals surface area contributed by atoms with Crippen LogP contribution in [0.3, 0.4) is 0 Å². The number of ether oxygens (including phenoxy) is 1. The minimum Gasteiger partial charge on any atom is -0.381 e. The zero-order valence-electron chi connectivity index (χ0n) is 11.0. The largest absolute Gasteiger partial charge is 0.381 e. The predicted molar refractivity (Wildman–Crippen MR) is 76.9 cm³/mol. The monoisotopic (exact) mass is 286 g/mol. The van der Waals surface area contributed by atoms with Gasteiger partial charge in [0.2, 0.25) is 0 Å². The van der Waals surface area contributed by atoms with Crippen LogP contribution in [0.25, 0.3) is 0 Å². The van der Waals surface area contributed by atoms with E-state index in [-0.39, 0.29) is 5.69 Å². The van der Waals surface area contributed by atoms with Crippen LogP contribution in [0.4, 0.5) is 11.4 Å². The molecule has 0 unspecified atom stereocenters. The maximum atomic E-state index is 10.8. The van der Waals surface area contributed by atoms with Gasteiger partial charge in [0.25, 0.3) is 5.69 Å². The average molecular weight is 287 g/mol. The summed E-state index contributed by atoms with van der Waals surface area (Å²) in [7, 11) is 0. The molecule has 0 saturated heterocycles. The van der Waals surface area contributed by atoms with Crippen LogP contribution >= 0.6 is 11.6 Å². The molecule has 0 radical (unpaired) electrons. The van der Waals surface area contributed by atoms with Crippen LogP contribution in [0.15, 0.2) is 18.2 Å². The number of unbranched alkanes of at least 4 members (excludes halogenated alkanes) is 1. The van der Waals surface area contributed by atoms with Crippen LogP contribution in [0, 0.1) is 10.1 Å². The molecule has 0 heterocycles. The molecule has 1 aromatic rings. The van der Waals surface area contributed by atoms with Gasteiger partial charge in [0.15, 0.2) is 0 Å². The van der Waals surface area contributed by atoms with Gasteiger partial charge in [0, 0.05) is 30.8 Å². The number of benzene rings is 1. The third kappa shape index (κ3) is 5.89. The molecule has 0 atom stereocenters. The van der Waals surface area contributed by atoms with Gasteiger partial charge in [-0.05, 0) is 25.0 Å². The molecule has 0 aromatic heterocycles. The number of hydrogen-bond acceptors (Lipinski definition) is 4. The highest BCUT2D eigenvalue weighted by Gasteiger charge is 2.12. The SMILES string of the molecule is CCCCOCCCNc1cc(Cl)ccc1[N+](=O)[O-]. The molecule has 5 nitrogen and oxygen atoms in total. The third-order valence-corrected chi connectivity index (χ3v) is 2.81. The number of halogens is 1. The Bertz CT molecular complexity index is 413. The Labute approximate surface area is 118 Å². The number of anilines is 1. The van der Waals surface area contributed by atoms with E-state index in [2.05, 4.69) is 12.2 Å². The normalized spacial score (nSPS) is 10.4. The van der Waals surface area contributed by atoms with Crippen molar-refractivity contribution in [2.24, 2.45) is 0 Å². The van der Waals surface area contributed by atoms with Crippen molar-refractivity contribution in [3.05, 3.63) is 33.3 Å². The van der Waals surface area contributed by atoms with Crippen LogP contribution in [-0.4, -0.2) is 24.7 Å². The van der Waals surface area contributed by atoms with Crippen molar-refractivity contribution in [1.82, 2.24) is 0 Å². The topological polar surface area (TPSA) is 64.4 Å². The number of nitro groups is 1. The van der Waals surface area contributed by atoms with Crippen molar-refractivity contribution >= 4 is 23.0 Å². The number of nitro benzene ring substituents is 1. The molecule has 0 spiro atoms. The van der Waals surface area contributed by atoms with Crippen LogP contribution in [0.1, 0.15) is 26.2 Å². The molecule has 0 aliphatic rings. The van der Waals surface area contributed by atoms with E-state index < -0.39 is 4.92 Å². The lowest BCUT2D eigenvalue weighted by molar-refractivity contribution is -0.384. The summed E-state index contributed by atoms with van der Waals surface area (Å²) in [6.07, 6.45) is 2.98. The molecule has 0 aliphatic carbocycles. The van der Waals surface area contributed by atoms with Crippen LogP contribution < -0.4 is 5.32 Å². The second-order valence-corrected chi connectivity index (χ2v) is 4.60. The minimum absolute atomic E-state index is 0.0382. The highest BCUT2D eigenvalue weighted by Crippen LogP contribution is 2.27. The van der Waals surface area contributed by atoms with Crippen molar-refractivity contribution in [3.63, 3.8) is 0 Å². The van der Waals surface area contributed by atoms with E-state index in [1.807, 2.05) is 0 Å². The molecule has 6 heteroatoms. The molecule has 1 aromatic carbocycles. The maximum absolute atomic E-state index is 10.8. The summed E-state index contributed by atoms with van der Waals surface area (Å²) in [5, 5.41) is 14.3. The summed E-state index contributed by atoms with van der Waals surface area (Å²) in [5.41, 5.74) is 0.488. The highest BCUT2D eigenvalue weighted by molar-refractivity contribution is 6.31. The van der Waals surface area contributed by atoms with Gasteiger partial charge >= 0.3 is 0 Å². The van der Waals surface area contributed by atoms with Crippen molar-refractivity contribution in [2.75, 3.05) is 25.1 Å². The van der Waals surface area contributed by atoms with E-state index in [1.165, 1.54) is 12.1 Å². The van der Waals surface area contributed by atoms with Gasteiger partial charge < -0.3 is 10.1 Å². The average Bonchev–Trinajstić information content (AvgIpc) is 2.37. The summed E-state index contributed by atoms with van der Waals surface area (Å²) in [5.74, 6) is 0. The first-order valence-corrected chi connectivity index (χ1v) is 6.78. The lowest BCUT2D eigenvalue weighted by Gasteiger charge is -2.08. The molecule has 0 saturated carbocycles. The fourth-order valence-corrected chi connectivity index (χ4v) is 1.73. The zero-order valence-corrected chi connectivity index (χ0v) is 11.8. The Morgan fingerprint density at radius 3 is 2.79 bits per heavy atom. The van der Waals surface area contributed by atoms with E-state index in [9.17, 15) is 10.1 Å². The Balaban J connectivity index is 2.36. The fourth-order valence-electron chi connectivity index (χ4n) is 1.55. The van der Waals surface area contributed by atoms with E-state index in [1.54, 1.807) is 6.07 Å². The third-order valence-electron chi connectivity index (χ3n) is 2.58. The maximum Gasteiger partial charge on any atom is 0.292 e. The van der Waals surface area contributed by atoms with Crippen molar-refractivity contribution in [1.29, 1.82) is 0 Å². The summed E-state index contributed by atoms with van der Waals surface area (Å²) < 4.78 is 5.41. The van der Waals surface area contributed by atoms with Gasteiger partial charge in [0.05, 0.1) is 4.92 Å². The molecule has 1 rings (SSSR count). The Morgan fingerprint density at radius 2 is 2.11 bits per heavy atom. The van der Waals surface area contributed by atoms with Gasteiger partial charge in [0.1, 0.15) is 5.69 Å². The summed E-state index contributed by atoms with van der Waals surface area (Å²) in [6, 6.07) is 4.48. The van der Waals surface area contributed by atoms with E-state index in [0.29, 0.717) is 23.9 Å². The Hall–Kier alpha value is -1.33. The van der Waals surface area contributed by atoms with Crippen molar-refractivity contribution in [3.8, 4) is 0 Å². The van der Waals surface area contributed by atoms with Crippen LogP contribution in [0.2, 0.25) is 5.02 Å². The standard InChI is InChI=1S/C13H19ClN2O3/c1-2-3-8-19-9-4-7-15-12-10-11(14)5-6-13(12)16(17)18/h5-6,10,15H,2-4,7-9H2,1H3. The molecule has 1 N–H and O–H groups in total. The van der Waals surface area contributed by atoms with Gasteiger partial charge in [-0.2, -0.15) is 0 Å². The molecule has 0 fully saturated rings. The van der Waals surface area contributed by atoms with Gasteiger partial charge in [-0.3, -0.25) is 10.1 Å². The molecule has 19 heavy (non-hydrogen) atoms. The Morgan fingerprint density at radius 1 is 1.37 bits per heavy atom. The molecular formula is C13H19ClN2O3. The summed E-state index contributed by atoms with van der Waals surface area (Å²) >= 11 is 5.83. The fraction of sp³-hybridized carbons (Fsp3) is 0.538. The molecule has 0 aliphatic heterocycles. The summed E-state index contributed by atoms with van der Waals surface area (Å²) in [6.45, 7) is 4.16. The van der Waals surface area contributed by atoms with Crippen molar-refractivity contribution < 1.29 is 9.66 Å². The summed E-state index contributed by atoms with van der Waals surface area (Å²) in [4.78, 5) is 10.4. The first-order chi connectivity index (χ1) is 9.15. The van der Waals surface area contributed by atoms with Gasteiger partial charge in [-0.25, -0.2) is 0 Å². The molecule has 0 amide bonds. The van der Waals surface area contributed by atoms with E-state index in [0.717, 1.165) is 25.9 Å². The number of hydrogen-bond donors (Lipinski definition) is 1. The predicted octanol–water partition coefficient (Wildman–Crippen LogP) is 3.87. The minimum atomic E-state index is -0.420. The van der Waals surface area contributed by atoms with E-state index in [4.69, 9.17) is 16.3 Å². The molecule has 0 bridgehead atoms. The van der Waals surface area contributed by atoms with Crippen molar-refractivity contribution in [2.45, 2.75) is 26.2 Å². The second kappa shape index (κ2) is 8.72. The number of nitrogens with zero attached hydrogens (tertiary/aromatic N) is 1. The van der Waals surface area contributed by atoms with Gasteiger partial charge in [-0.15, -0.1) is 0 Å². The van der Waals surface area contributed by atoms with Crippen LogP contribution in [-0.2, 0) is 4.74 Å². The first-order valence-electron chi connectivity index (χ1n) is 6.40. The lowest BCUT2D eigenvalue weighted by Crippen LogP contribution is -2.07. The second-order valence-electron chi connectivity index (χ2n) is 4.16. The zero-order chi connectivity index (χ0) is 14.1. The number of nitrogens with one attached hydrogen (secondary N) is 1. The first kappa shape index (κ1) is 15.7.